The van der Waals surface area contributed by atoms with Gasteiger partial charge in [0.2, 0.25) is 0 Å². The third-order valence-corrected chi connectivity index (χ3v) is 24.9. The second kappa shape index (κ2) is 32.9. The number of benzene rings is 18. The molecule has 0 N–H and O–H groups in total. The highest BCUT2D eigenvalue weighted by Crippen LogP contribution is 2.53. The standard InChI is InChI=1S/2C60H40N4/c1-2-21-45(22-3-1)63(46-33-35-47(36-34-46)64-55-30-8-6-23-48(55)49-24-7-9-31-56(49)64)57-32-16-27-52-58(43-19-14-17-41(39-43)53-28-10-12-37-61-53)50-25-4-5-26-51(50)59(60(52)57)44-20-15-18-42(40-44)54-29-11-13-38-62-54;1-2-20-45(21-3-1)63(46-30-32-47(33-31-46)64-57-28-8-6-22-49(57)50-23-7-9-29-58(50)64)48-34-35-53-54(40-48)60(44-19-15-17-42(39-44)56-27-11-13-37-62-56)52-25-5-4-24-51(52)59(53)43-18-14-16-41(38-43)55-26-10-12-36-61-55/h2*1-40H. The Labute approximate surface area is 741 Å². The highest BCUT2D eigenvalue weighted by Gasteiger charge is 2.27. The van der Waals surface area contributed by atoms with Crippen molar-refractivity contribution in [1.29, 1.82) is 0 Å². The molecule has 0 fully saturated rings. The zero-order valence-corrected chi connectivity index (χ0v) is 69.8. The lowest BCUT2D eigenvalue weighted by Crippen LogP contribution is -2.11. The molecule has 0 aliphatic heterocycles. The molecule has 0 saturated carbocycles. The number of para-hydroxylation sites is 6. The van der Waals surface area contributed by atoms with Crippen molar-refractivity contribution in [3.63, 3.8) is 0 Å². The molecular formula is C120H80N8. The zero-order chi connectivity index (χ0) is 84.8. The Morgan fingerprint density at radius 3 is 0.820 bits per heavy atom. The van der Waals surface area contributed by atoms with Crippen molar-refractivity contribution in [2.45, 2.75) is 0 Å². The molecule has 0 amide bonds. The minimum atomic E-state index is 0.940. The van der Waals surface area contributed by atoms with Crippen molar-refractivity contribution in [2.24, 2.45) is 0 Å². The lowest BCUT2D eigenvalue weighted by Gasteiger charge is -2.29. The summed E-state index contributed by atoms with van der Waals surface area (Å²) in [7, 11) is 0. The Morgan fingerprint density at radius 1 is 0.164 bits per heavy atom. The lowest BCUT2D eigenvalue weighted by molar-refractivity contribution is 1.17. The van der Waals surface area contributed by atoms with Gasteiger partial charge in [0.05, 0.1) is 50.5 Å². The first-order chi connectivity index (χ1) is 63.5. The summed E-state index contributed by atoms with van der Waals surface area (Å²) in [4.78, 5) is 23.8. The van der Waals surface area contributed by atoms with Crippen LogP contribution in [0.5, 0.6) is 0 Å². The third-order valence-electron chi connectivity index (χ3n) is 24.9. The summed E-state index contributed by atoms with van der Waals surface area (Å²) in [6.07, 6.45) is 7.45. The van der Waals surface area contributed by atoms with Gasteiger partial charge >= 0.3 is 0 Å². The quantitative estimate of drug-likeness (QED) is 0.0898. The molecule has 0 atom stereocenters. The Kier molecular flexibility index (Phi) is 19.5. The molecule has 0 bridgehead atoms. The molecule has 0 spiro atoms. The van der Waals surface area contributed by atoms with Crippen LogP contribution in [0.4, 0.5) is 34.1 Å². The van der Waals surface area contributed by atoms with Gasteiger partial charge < -0.3 is 18.9 Å². The molecule has 24 rings (SSSR count). The summed E-state index contributed by atoms with van der Waals surface area (Å²) in [5.41, 5.74) is 30.8. The monoisotopic (exact) mass is 1630 g/mol. The first-order valence-electron chi connectivity index (χ1n) is 43.5. The molecular weight excluding hydrogens is 1550 g/mol. The van der Waals surface area contributed by atoms with E-state index < -0.39 is 0 Å². The van der Waals surface area contributed by atoms with E-state index in [1.54, 1.807) is 0 Å². The van der Waals surface area contributed by atoms with Crippen LogP contribution in [0.3, 0.4) is 0 Å². The van der Waals surface area contributed by atoms with Gasteiger partial charge in [0.15, 0.2) is 0 Å². The van der Waals surface area contributed by atoms with E-state index in [4.69, 9.17) is 19.9 Å². The number of pyridine rings is 4. The van der Waals surface area contributed by atoms with Crippen molar-refractivity contribution in [3.05, 3.63) is 486 Å². The van der Waals surface area contributed by atoms with Crippen molar-refractivity contribution >= 4 is 121 Å². The maximum absolute atomic E-state index is 4.76. The van der Waals surface area contributed by atoms with Crippen LogP contribution in [0.25, 0.3) is 188 Å². The van der Waals surface area contributed by atoms with E-state index in [0.717, 1.165) is 129 Å². The fourth-order valence-corrected chi connectivity index (χ4v) is 19.3. The molecule has 0 saturated heterocycles. The topological polar surface area (TPSA) is 67.9 Å². The van der Waals surface area contributed by atoms with E-state index in [1.165, 1.54) is 92.8 Å². The van der Waals surface area contributed by atoms with Crippen LogP contribution in [-0.2, 0) is 0 Å². The van der Waals surface area contributed by atoms with E-state index in [9.17, 15) is 0 Å². The normalized spacial score (nSPS) is 11.4. The van der Waals surface area contributed by atoms with E-state index in [1.807, 2.05) is 67.3 Å². The smallest absolute Gasteiger partial charge is 0.0702 e. The largest absolute Gasteiger partial charge is 0.310 e. The maximum atomic E-state index is 4.76. The van der Waals surface area contributed by atoms with Crippen molar-refractivity contribution in [1.82, 2.24) is 29.1 Å². The second-order valence-corrected chi connectivity index (χ2v) is 32.3. The van der Waals surface area contributed by atoms with Crippen LogP contribution in [0.15, 0.2) is 486 Å². The third kappa shape index (κ3) is 13.7. The van der Waals surface area contributed by atoms with Crippen LogP contribution >= 0.6 is 0 Å². The van der Waals surface area contributed by atoms with Gasteiger partial charge in [-0.3, -0.25) is 19.9 Å². The summed E-state index contributed by atoms with van der Waals surface area (Å²) in [5, 5.41) is 14.4. The van der Waals surface area contributed by atoms with Crippen molar-refractivity contribution in [3.8, 4) is 101 Å². The predicted octanol–water partition coefficient (Wildman–Crippen LogP) is 32.0. The molecule has 6 aromatic heterocycles. The minimum Gasteiger partial charge on any atom is -0.310 e. The first-order valence-corrected chi connectivity index (χ1v) is 43.5. The number of rotatable bonds is 16. The molecule has 8 nitrogen and oxygen atoms in total. The van der Waals surface area contributed by atoms with E-state index in [-0.39, 0.29) is 0 Å². The minimum absolute atomic E-state index is 0.940. The highest BCUT2D eigenvalue weighted by atomic mass is 15.2. The molecule has 600 valence electrons. The second-order valence-electron chi connectivity index (χ2n) is 32.3. The number of hydrogen-bond donors (Lipinski definition) is 0. The Morgan fingerprint density at radius 2 is 0.438 bits per heavy atom. The molecule has 128 heavy (non-hydrogen) atoms. The van der Waals surface area contributed by atoms with Gasteiger partial charge in [0, 0.05) is 114 Å². The summed E-state index contributed by atoms with van der Waals surface area (Å²) >= 11 is 0. The Bertz CT molecular complexity index is 8080. The fraction of sp³-hybridized carbons (Fsp3) is 0. The molecule has 0 aliphatic carbocycles. The highest BCUT2D eigenvalue weighted by molar-refractivity contribution is 6.26. The number of nitrogens with zero attached hydrogens (tertiary/aromatic N) is 8. The molecule has 8 heteroatoms. The van der Waals surface area contributed by atoms with Crippen LogP contribution in [-0.4, -0.2) is 29.1 Å². The maximum Gasteiger partial charge on any atom is 0.0702 e. The molecule has 0 radical (unpaired) electrons. The van der Waals surface area contributed by atoms with E-state index >= 15 is 0 Å². The molecule has 6 heterocycles. The SMILES string of the molecule is c1ccc(N(c2ccc(-n3c4ccccc4c4ccccc43)cc2)c2ccc3c(-c4cccc(-c5ccccn5)c4)c4ccccc4c(-c4cccc(-c5ccccn5)c4)c3c2)cc1.c1ccc(N(c2ccc(-n3c4ccccc4c4ccccc43)cc2)c2cccc3c(-c4cccc(-c5ccccn5)c4)c4ccccc4c(-c4cccc(-c5ccccn5)c4)c23)cc1. The molecule has 18 aromatic carbocycles. The molecule has 0 aliphatic rings. The summed E-state index contributed by atoms with van der Waals surface area (Å²) in [6, 6.07) is 166. The van der Waals surface area contributed by atoms with Gasteiger partial charge in [-0.2, -0.15) is 0 Å². The Hall–Kier alpha value is -17.2. The fourth-order valence-electron chi connectivity index (χ4n) is 19.3. The first kappa shape index (κ1) is 75.7. The van der Waals surface area contributed by atoms with Crippen LogP contribution < -0.4 is 9.80 Å². The van der Waals surface area contributed by atoms with Crippen molar-refractivity contribution in [2.75, 3.05) is 9.80 Å². The van der Waals surface area contributed by atoms with Gasteiger partial charge in [-0.15, -0.1) is 0 Å². The number of fused-ring (bicyclic) bond motifs is 10. The average Bonchev–Trinajstić information content (AvgIpc) is 0.994. The van der Waals surface area contributed by atoms with E-state index in [2.05, 4.69) is 438 Å². The van der Waals surface area contributed by atoms with Crippen LogP contribution in [0.2, 0.25) is 0 Å². The van der Waals surface area contributed by atoms with Gasteiger partial charge in [0.1, 0.15) is 0 Å². The summed E-state index contributed by atoms with van der Waals surface area (Å²) < 4.78 is 4.75. The lowest BCUT2D eigenvalue weighted by atomic mass is 9.84. The number of anilines is 6. The Balaban J connectivity index is 0.000000146. The van der Waals surface area contributed by atoms with Gasteiger partial charge in [-0.1, -0.05) is 273 Å². The number of aromatic nitrogens is 6. The van der Waals surface area contributed by atoms with Gasteiger partial charge in [-0.25, -0.2) is 0 Å². The van der Waals surface area contributed by atoms with Crippen LogP contribution in [0, 0.1) is 0 Å². The molecule has 0 unspecified atom stereocenters. The summed E-state index contributed by atoms with van der Waals surface area (Å²) in [5.74, 6) is 0. The number of hydrogen-bond acceptors (Lipinski definition) is 6. The van der Waals surface area contributed by atoms with Crippen LogP contribution in [0.1, 0.15) is 0 Å². The zero-order valence-electron chi connectivity index (χ0n) is 69.8. The molecule has 24 aromatic rings. The summed E-state index contributed by atoms with van der Waals surface area (Å²) in [6.45, 7) is 0. The van der Waals surface area contributed by atoms with E-state index in [0.29, 0.717) is 0 Å². The van der Waals surface area contributed by atoms with Gasteiger partial charge in [-0.05, 0) is 270 Å². The average molecular weight is 1630 g/mol. The predicted molar refractivity (Wildman–Crippen MR) is 536 cm³/mol. The van der Waals surface area contributed by atoms with Crippen molar-refractivity contribution < 1.29 is 0 Å². The van der Waals surface area contributed by atoms with Gasteiger partial charge in [0.25, 0.3) is 0 Å².